The van der Waals surface area contributed by atoms with E-state index >= 15 is 0 Å². The van der Waals surface area contributed by atoms with Crippen molar-refractivity contribution >= 4 is 25.9 Å². The second-order valence-electron chi connectivity index (χ2n) is 7.57. The van der Waals surface area contributed by atoms with Crippen LogP contribution in [0.25, 0.3) is 0 Å². The molecule has 2 aliphatic heterocycles. The highest BCUT2D eigenvalue weighted by atomic mass is 32.2. The summed E-state index contributed by atoms with van der Waals surface area (Å²) in [5.74, 6) is 0.100. The van der Waals surface area contributed by atoms with Crippen LogP contribution in [0, 0.1) is 5.82 Å². The lowest BCUT2D eigenvalue weighted by Gasteiger charge is -2.26. The Morgan fingerprint density at radius 2 is 1.38 bits per heavy atom. The largest absolute Gasteiger partial charge is 0.379 e. The third kappa shape index (κ3) is 4.79. The molecule has 0 aliphatic carbocycles. The fraction of sp³-hybridized carbons (Fsp3) is 0.450. The average Bonchev–Trinajstić information content (AvgIpc) is 3.07. The molecule has 1 aromatic heterocycles. The Balaban J connectivity index is 1.45. The van der Waals surface area contributed by atoms with Crippen LogP contribution in [0.4, 0.5) is 10.2 Å². The van der Waals surface area contributed by atoms with Crippen molar-refractivity contribution in [3.8, 4) is 0 Å². The van der Waals surface area contributed by atoms with Crippen LogP contribution < -0.4 is 4.90 Å². The maximum atomic E-state index is 13.2. The van der Waals surface area contributed by atoms with Crippen molar-refractivity contribution in [3.05, 3.63) is 48.4 Å². The average molecular weight is 485 g/mol. The lowest BCUT2D eigenvalue weighted by Crippen LogP contribution is -2.40. The van der Waals surface area contributed by atoms with E-state index in [4.69, 9.17) is 4.74 Å². The Kier molecular flexibility index (Phi) is 6.77. The van der Waals surface area contributed by atoms with Crippen molar-refractivity contribution < 1.29 is 26.0 Å². The number of morpholine rings is 1. The maximum absolute atomic E-state index is 13.2. The summed E-state index contributed by atoms with van der Waals surface area (Å²) in [4.78, 5) is 6.46. The van der Waals surface area contributed by atoms with E-state index in [1.54, 1.807) is 6.07 Å². The van der Waals surface area contributed by atoms with Crippen LogP contribution in [0.1, 0.15) is 6.42 Å². The van der Waals surface area contributed by atoms with Crippen LogP contribution in [0.15, 0.2) is 52.4 Å². The van der Waals surface area contributed by atoms with Gasteiger partial charge in [0, 0.05) is 45.5 Å². The quantitative estimate of drug-likeness (QED) is 0.628. The number of pyridine rings is 1. The predicted octanol–water partition coefficient (Wildman–Crippen LogP) is 1.14. The number of benzene rings is 1. The van der Waals surface area contributed by atoms with Gasteiger partial charge in [-0.1, -0.05) is 0 Å². The molecule has 0 unspecified atom stereocenters. The molecule has 9 nitrogen and oxygen atoms in total. The third-order valence-electron chi connectivity index (χ3n) is 5.56. The summed E-state index contributed by atoms with van der Waals surface area (Å²) < 4.78 is 72.4. The summed E-state index contributed by atoms with van der Waals surface area (Å²) in [6.45, 7) is 2.94. The SMILES string of the molecule is O=S(=O)(c1ccc(N2CCCN(S(=O)(=O)c3ccc(F)cc3)CC2)nc1)N1CCOCC1. The van der Waals surface area contributed by atoms with E-state index in [0.717, 1.165) is 12.1 Å². The fourth-order valence-electron chi connectivity index (χ4n) is 3.77. The third-order valence-corrected chi connectivity index (χ3v) is 9.35. The highest BCUT2D eigenvalue weighted by Crippen LogP contribution is 2.22. The number of aromatic nitrogens is 1. The van der Waals surface area contributed by atoms with Gasteiger partial charge in [-0.15, -0.1) is 0 Å². The minimum Gasteiger partial charge on any atom is -0.379 e. The molecule has 12 heteroatoms. The normalized spacial score (nSPS) is 19.6. The molecule has 174 valence electrons. The number of hydrogen-bond donors (Lipinski definition) is 0. The van der Waals surface area contributed by atoms with E-state index in [0.29, 0.717) is 58.2 Å². The van der Waals surface area contributed by atoms with Gasteiger partial charge in [0.2, 0.25) is 20.0 Å². The van der Waals surface area contributed by atoms with E-state index in [1.165, 1.54) is 33.0 Å². The van der Waals surface area contributed by atoms with Gasteiger partial charge in [-0.05, 0) is 42.8 Å². The molecule has 0 spiro atoms. The molecular weight excluding hydrogens is 459 g/mol. The summed E-state index contributed by atoms with van der Waals surface area (Å²) in [6.07, 6.45) is 1.92. The van der Waals surface area contributed by atoms with Crippen molar-refractivity contribution in [2.24, 2.45) is 0 Å². The minimum atomic E-state index is -3.72. The van der Waals surface area contributed by atoms with E-state index in [9.17, 15) is 21.2 Å². The maximum Gasteiger partial charge on any atom is 0.244 e. The van der Waals surface area contributed by atoms with Crippen LogP contribution in [-0.2, 0) is 24.8 Å². The molecule has 2 aliphatic rings. The Labute approximate surface area is 187 Å². The van der Waals surface area contributed by atoms with Gasteiger partial charge in [0.05, 0.1) is 18.1 Å². The summed E-state index contributed by atoms with van der Waals surface area (Å²) in [7, 11) is -7.34. The molecule has 0 bridgehead atoms. The molecule has 0 atom stereocenters. The molecule has 4 rings (SSSR count). The number of rotatable bonds is 5. The second kappa shape index (κ2) is 9.40. The smallest absolute Gasteiger partial charge is 0.244 e. The first-order valence-electron chi connectivity index (χ1n) is 10.3. The van der Waals surface area contributed by atoms with Gasteiger partial charge >= 0.3 is 0 Å². The van der Waals surface area contributed by atoms with E-state index < -0.39 is 25.9 Å². The highest BCUT2D eigenvalue weighted by molar-refractivity contribution is 7.89. The monoisotopic (exact) mass is 484 g/mol. The van der Waals surface area contributed by atoms with Crippen molar-refractivity contribution in [2.75, 3.05) is 57.4 Å². The Bertz CT molecular complexity index is 1140. The van der Waals surface area contributed by atoms with Gasteiger partial charge in [-0.3, -0.25) is 0 Å². The molecule has 0 amide bonds. The number of anilines is 1. The fourth-order valence-corrected chi connectivity index (χ4v) is 6.59. The zero-order valence-corrected chi connectivity index (χ0v) is 19.1. The molecule has 0 N–H and O–H groups in total. The van der Waals surface area contributed by atoms with Gasteiger partial charge in [0.25, 0.3) is 0 Å². The summed E-state index contributed by atoms with van der Waals surface area (Å²) in [5, 5.41) is 0. The summed E-state index contributed by atoms with van der Waals surface area (Å²) >= 11 is 0. The first-order chi connectivity index (χ1) is 15.3. The Morgan fingerprint density at radius 3 is 2.03 bits per heavy atom. The topological polar surface area (TPSA) is 100 Å². The minimum absolute atomic E-state index is 0.0585. The molecule has 1 aromatic carbocycles. The first-order valence-corrected chi connectivity index (χ1v) is 13.2. The first kappa shape index (κ1) is 23.1. The highest BCUT2D eigenvalue weighted by Gasteiger charge is 2.29. The summed E-state index contributed by atoms with van der Waals surface area (Å²) in [6, 6.07) is 7.98. The lowest BCUT2D eigenvalue weighted by molar-refractivity contribution is 0.0730. The standard InChI is InChI=1S/C20H25FN4O5S2/c21-17-2-4-18(5-3-17)31(26,27)24-9-1-8-23(10-11-24)20-7-6-19(16-22-20)32(28,29)25-12-14-30-15-13-25/h2-7,16H,1,8-15H2. The molecule has 32 heavy (non-hydrogen) atoms. The molecule has 2 saturated heterocycles. The molecule has 0 radical (unpaired) electrons. The summed E-state index contributed by atoms with van der Waals surface area (Å²) in [5.41, 5.74) is 0. The van der Waals surface area contributed by atoms with Gasteiger partial charge < -0.3 is 9.64 Å². The molecule has 2 aromatic rings. The number of ether oxygens (including phenoxy) is 1. The van der Waals surface area contributed by atoms with E-state index in [2.05, 4.69) is 4.98 Å². The van der Waals surface area contributed by atoms with Crippen molar-refractivity contribution in [1.82, 2.24) is 13.6 Å². The van der Waals surface area contributed by atoms with Crippen LogP contribution in [0.3, 0.4) is 0 Å². The zero-order chi connectivity index (χ0) is 22.8. The molecule has 3 heterocycles. The number of hydrogen-bond acceptors (Lipinski definition) is 7. The van der Waals surface area contributed by atoms with E-state index in [1.807, 2.05) is 4.90 Å². The Hall–Kier alpha value is -2.12. The molecule has 0 saturated carbocycles. The number of sulfonamides is 2. The van der Waals surface area contributed by atoms with Gasteiger partial charge in [-0.25, -0.2) is 26.2 Å². The van der Waals surface area contributed by atoms with Gasteiger partial charge in [0.1, 0.15) is 16.5 Å². The van der Waals surface area contributed by atoms with Crippen molar-refractivity contribution in [2.45, 2.75) is 16.2 Å². The molecular formula is C20H25FN4O5S2. The van der Waals surface area contributed by atoms with Crippen LogP contribution >= 0.6 is 0 Å². The number of halogens is 1. The lowest BCUT2D eigenvalue weighted by atomic mass is 10.3. The van der Waals surface area contributed by atoms with Crippen LogP contribution in [-0.4, -0.2) is 82.9 Å². The van der Waals surface area contributed by atoms with Gasteiger partial charge in [-0.2, -0.15) is 8.61 Å². The van der Waals surface area contributed by atoms with Crippen LogP contribution in [0.2, 0.25) is 0 Å². The predicted molar refractivity (Wildman–Crippen MR) is 116 cm³/mol. The number of nitrogens with zero attached hydrogens (tertiary/aromatic N) is 4. The van der Waals surface area contributed by atoms with Gasteiger partial charge in [0.15, 0.2) is 0 Å². The van der Waals surface area contributed by atoms with Crippen molar-refractivity contribution in [1.29, 1.82) is 0 Å². The Morgan fingerprint density at radius 1 is 0.750 bits per heavy atom. The van der Waals surface area contributed by atoms with Crippen molar-refractivity contribution in [3.63, 3.8) is 0 Å². The molecule has 2 fully saturated rings. The second-order valence-corrected chi connectivity index (χ2v) is 11.4. The van der Waals surface area contributed by atoms with E-state index in [-0.39, 0.29) is 16.3 Å². The zero-order valence-electron chi connectivity index (χ0n) is 17.4. The van der Waals surface area contributed by atoms with Crippen LogP contribution in [0.5, 0.6) is 0 Å².